The van der Waals surface area contributed by atoms with Gasteiger partial charge in [-0.05, 0) is 67.5 Å². The van der Waals surface area contributed by atoms with Crippen molar-refractivity contribution in [3.05, 3.63) is 82.2 Å². The predicted octanol–water partition coefficient (Wildman–Crippen LogP) is 5.66. The summed E-state index contributed by atoms with van der Waals surface area (Å²) in [7, 11) is 0. The Labute approximate surface area is 133 Å². The minimum atomic E-state index is -0.542. The highest BCUT2D eigenvalue weighted by Crippen LogP contribution is 2.23. The summed E-state index contributed by atoms with van der Waals surface area (Å²) in [5.74, 6) is -1.38. The molecular formula is C20H17F3. The van der Waals surface area contributed by atoms with Gasteiger partial charge in [-0.15, -0.1) is 0 Å². The van der Waals surface area contributed by atoms with E-state index in [-0.39, 0.29) is 17.8 Å². The largest absolute Gasteiger partial charge is 0.207 e. The second-order valence-corrected chi connectivity index (χ2v) is 6.01. The molecule has 0 aromatic heterocycles. The Morgan fingerprint density at radius 2 is 1.39 bits per heavy atom. The molecule has 0 N–H and O–H groups in total. The van der Waals surface area contributed by atoms with Crippen molar-refractivity contribution in [1.82, 2.24) is 0 Å². The minimum Gasteiger partial charge on any atom is -0.207 e. The molecule has 3 heteroatoms. The highest BCUT2D eigenvalue weighted by molar-refractivity contribution is 5.84. The maximum atomic E-state index is 14.2. The van der Waals surface area contributed by atoms with Crippen LogP contribution in [-0.4, -0.2) is 0 Å². The van der Waals surface area contributed by atoms with Crippen molar-refractivity contribution < 1.29 is 13.2 Å². The van der Waals surface area contributed by atoms with Gasteiger partial charge in [0.25, 0.3) is 0 Å². The van der Waals surface area contributed by atoms with Crippen molar-refractivity contribution in [2.75, 3.05) is 0 Å². The molecule has 0 bridgehead atoms. The first-order valence-electron chi connectivity index (χ1n) is 7.57. The molecule has 0 aliphatic carbocycles. The van der Waals surface area contributed by atoms with Crippen LogP contribution in [0.15, 0.2) is 42.5 Å². The number of fused-ring (bicyclic) bond motifs is 1. The normalized spacial score (nSPS) is 11.2. The summed E-state index contributed by atoms with van der Waals surface area (Å²) in [6.07, 6.45) is 0.590. The molecule has 0 aliphatic heterocycles. The average molecular weight is 314 g/mol. The monoisotopic (exact) mass is 314 g/mol. The first kappa shape index (κ1) is 15.6. The van der Waals surface area contributed by atoms with Gasteiger partial charge in [0.2, 0.25) is 0 Å². The highest BCUT2D eigenvalue weighted by atomic mass is 19.1. The summed E-state index contributed by atoms with van der Waals surface area (Å²) in [6.45, 7) is 3.56. The molecule has 0 unspecified atom stereocenters. The van der Waals surface area contributed by atoms with Crippen molar-refractivity contribution in [3.8, 4) is 0 Å². The van der Waals surface area contributed by atoms with Gasteiger partial charge in [0.1, 0.15) is 17.5 Å². The van der Waals surface area contributed by atoms with Gasteiger partial charge in [0.15, 0.2) is 0 Å². The van der Waals surface area contributed by atoms with Crippen LogP contribution < -0.4 is 0 Å². The summed E-state index contributed by atoms with van der Waals surface area (Å²) < 4.78 is 42.0. The zero-order chi connectivity index (χ0) is 16.6. The molecule has 0 spiro atoms. The number of rotatable bonds is 3. The van der Waals surface area contributed by atoms with Crippen molar-refractivity contribution in [2.45, 2.75) is 26.7 Å². The van der Waals surface area contributed by atoms with Gasteiger partial charge in [-0.25, -0.2) is 13.2 Å². The Kier molecular flexibility index (Phi) is 4.12. The molecule has 0 radical (unpaired) electrons. The predicted molar refractivity (Wildman–Crippen MR) is 87.1 cm³/mol. The quantitative estimate of drug-likeness (QED) is 0.585. The van der Waals surface area contributed by atoms with Gasteiger partial charge < -0.3 is 0 Å². The summed E-state index contributed by atoms with van der Waals surface area (Å²) in [5.41, 5.74) is 2.34. The summed E-state index contributed by atoms with van der Waals surface area (Å²) in [5, 5.41) is 1.37. The standard InChI is InChI=1S/C20H17F3/c1-12-3-5-15-10-14(11-20(23)17(15)7-12)4-6-16-18(21)8-13(2)9-19(16)22/h3,5,7-11H,4,6H2,1-2H3. The fourth-order valence-corrected chi connectivity index (χ4v) is 2.87. The molecule has 0 fully saturated rings. The third-order valence-corrected chi connectivity index (χ3v) is 4.07. The van der Waals surface area contributed by atoms with E-state index in [1.165, 1.54) is 18.2 Å². The van der Waals surface area contributed by atoms with E-state index in [2.05, 4.69) is 0 Å². The zero-order valence-corrected chi connectivity index (χ0v) is 13.1. The number of benzene rings is 3. The van der Waals surface area contributed by atoms with Crippen molar-refractivity contribution in [2.24, 2.45) is 0 Å². The van der Waals surface area contributed by atoms with Crippen molar-refractivity contribution in [1.29, 1.82) is 0 Å². The van der Waals surface area contributed by atoms with Crippen LogP contribution in [0.1, 0.15) is 22.3 Å². The van der Waals surface area contributed by atoms with Gasteiger partial charge in [-0.2, -0.15) is 0 Å². The Morgan fingerprint density at radius 3 is 2.09 bits per heavy atom. The van der Waals surface area contributed by atoms with Crippen LogP contribution in [0.3, 0.4) is 0 Å². The summed E-state index contributed by atoms with van der Waals surface area (Å²) in [4.78, 5) is 0. The first-order valence-corrected chi connectivity index (χ1v) is 7.57. The van der Waals surface area contributed by atoms with Crippen molar-refractivity contribution in [3.63, 3.8) is 0 Å². The highest BCUT2D eigenvalue weighted by Gasteiger charge is 2.11. The van der Waals surface area contributed by atoms with E-state index >= 15 is 0 Å². The topological polar surface area (TPSA) is 0 Å². The summed E-state index contributed by atoms with van der Waals surface area (Å²) in [6, 6.07) is 11.6. The number of aryl methyl sites for hydroxylation is 3. The molecule has 3 rings (SSSR count). The average Bonchev–Trinajstić information content (AvgIpc) is 2.47. The van der Waals surface area contributed by atoms with Crippen LogP contribution in [0.5, 0.6) is 0 Å². The molecule has 0 heterocycles. The molecule has 0 atom stereocenters. The molecule has 0 amide bonds. The number of halogens is 3. The van der Waals surface area contributed by atoms with E-state index in [1.807, 2.05) is 25.1 Å². The second-order valence-electron chi connectivity index (χ2n) is 6.01. The molecule has 3 aromatic rings. The Bertz CT molecular complexity index is 858. The molecule has 0 saturated heterocycles. The van der Waals surface area contributed by atoms with Crippen LogP contribution >= 0.6 is 0 Å². The molecule has 0 saturated carbocycles. The maximum absolute atomic E-state index is 14.2. The second kappa shape index (κ2) is 6.07. The van der Waals surface area contributed by atoms with Crippen LogP contribution in [0, 0.1) is 31.3 Å². The van der Waals surface area contributed by atoms with Crippen LogP contribution in [-0.2, 0) is 12.8 Å². The van der Waals surface area contributed by atoms with Gasteiger partial charge in [0, 0.05) is 10.9 Å². The molecule has 3 aromatic carbocycles. The lowest BCUT2D eigenvalue weighted by atomic mass is 9.99. The van der Waals surface area contributed by atoms with Gasteiger partial charge in [0.05, 0.1) is 0 Å². The van der Waals surface area contributed by atoms with Crippen molar-refractivity contribution >= 4 is 10.8 Å². The van der Waals surface area contributed by atoms with E-state index in [4.69, 9.17) is 0 Å². The van der Waals surface area contributed by atoms with E-state index in [9.17, 15) is 13.2 Å². The van der Waals surface area contributed by atoms with Crippen LogP contribution in [0.2, 0.25) is 0 Å². The maximum Gasteiger partial charge on any atom is 0.131 e. The minimum absolute atomic E-state index is 0.0556. The Morgan fingerprint density at radius 1 is 0.696 bits per heavy atom. The Hall–Kier alpha value is -2.29. The van der Waals surface area contributed by atoms with Gasteiger partial charge >= 0.3 is 0 Å². The molecular weight excluding hydrogens is 297 g/mol. The number of hydrogen-bond donors (Lipinski definition) is 0. The Balaban J connectivity index is 1.89. The fraction of sp³-hybridized carbons (Fsp3) is 0.200. The van der Waals surface area contributed by atoms with E-state index in [0.717, 1.165) is 16.5 Å². The van der Waals surface area contributed by atoms with E-state index in [0.29, 0.717) is 17.4 Å². The SMILES string of the molecule is Cc1cc(F)c(CCc2cc(F)c3cc(C)ccc3c2)c(F)c1. The van der Waals surface area contributed by atoms with Gasteiger partial charge in [-0.3, -0.25) is 0 Å². The fourth-order valence-electron chi connectivity index (χ4n) is 2.87. The third-order valence-electron chi connectivity index (χ3n) is 4.07. The van der Waals surface area contributed by atoms with E-state index in [1.54, 1.807) is 13.0 Å². The molecule has 118 valence electrons. The first-order chi connectivity index (χ1) is 10.9. The lowest BCUT2D eigenvalue weighted by Crippen LogP contribution is -2.00. The van der Waals surface area contributed by atoms with Crippen LogP contribution in [0.4, 0.5) is 13.2 Å². The smallest absolute Gasteiger partial charge is 0.131 e. The van der Waals surface area contributed by atoms with E-state index < -0.39 is 11.6 Å². The zero-order valence-electron chi connectivity index (χ0n) is 13.1. The summed E-state index contributed by atoms with van der Waals surface area (Å²) >= 11 is 0. The van der Waals surface area contributed by atoms with Crippen LogP contribution in [0.25, 0.3) is 10.8 Å². The molecule has 23 heavy (non-hydrogen) atoms. The molecule has 0 nitrogen and oxygen atoms in total. The lowest BCUT2D eigenvalue weighted by Gasteiger charge is -2.09. The van der Waals surface area contributed by atoms with Gasteiger partial charge in [-0.1, -0.05) is 23.8 Å². The third kappa shape index (κ3) is 3.24. The lowest BCUT2D eigenvalue weighted by molar-refractivity contribution is 0.552. The molecule has 0 aliphatic rings. The number of hydrogen-bond acceptors (Lipinski definition) is 0.